The molecule has 0 aliphatic carbocycles. The van der Waals surface area contributed by atoms with Gasteiger partial charge >= 0.3 is 5.97 Å². The highest BCUT2D eigenvalue weighted by atomic mass is 16.4. The van der Waals surface area contributed by atoms with E-state index in [2.05, 4.69) is 4.90 Å². The summed E-state index contributed by atoms with van der Waals surface area (Å²) in [6.45, 7) is 2.94. The zero-order valence-corrected chi connectivity index (χ0v) is 9.19. The molecule has 1 unspecified atom stereocenters. The van der Waals surface area contributed by atoms with Crippen LogP contribution in [-0.4, -0.2) is 47.3 Å². The maximum Gasteiger partial charge on any atom is 0.307 e. The van der Waals surface area contributed by atoms with Crippen LogP contribution in [0.2, 0.25) is 0 Å². The van der Waals surface area contributed by atoms with E-state index in [4.69, 9.17) is 10.2 Å². The number of unbranched alkanes of at least 4 members (excludes halogenated alkanes) is 3. The average molecular weight is 215 g/mol. The third-order valence-corrected chi connectivity index (χ3v) is 3.00. The van der Waals surface area contributed by atoms with Gasteiger partial charge in [-0.1, -0.05) is 12.8 Å². The van der Waals surface area contributed by atoms with Gasteiger partial charge in [-0.15, -0.1) is 0 Å². The summed E-state index contributed by atoms with van der Waals surface area (Å²) in [5.74, 6) is -0.805. The predicted octanol–water partition coefficient (Wildman–Crippen LogP) is 0.946. The summed E-state index contributed by atoms with van der Waals surface area (Å²) in [5.41, 5.74) is 0. The number of aliphatic hydroxyl groups is 1. The summed E-state index contributed by atoms with van der Waals surface area (Å²) in [4.78, 5) is 12.9. The van der Waals surface area contributed by atoms with Crippen molar-refractivity contribution in [3.8, 4) is 0 Å². The molecule has 2 N–H and O–H groups in total. The SMILES string of the molecule is O=C(O)C1CCN(CCCCCCO)C1. The first-order chi connectivity index (χ1) is 7.24. The third kappa shape index (κ3) is 4.62. The molecule has 0 saturated carbocycles. The van der Waals surface area contributed by atoms with Gasteiger partial charge < -0.3 is 15.1 Å². The molecule has 88 valence electrons. The highest BCUT2D eigenvalue weighted by Gasteiger charge is 2.27. The molecule has 0 aromatic carbocycles. The first kappa shape index (κ1) is 12.5. The standard InChI is InChI=1S/C11H21NO3/c13-8-4-2-1-3-6-12-7-5-10(9-12)11(14)15/h10,13H,1-9H2,(H,14,15). The van der Waals surface area contributed by atoms with E-state index in [1.165, 1.54) is 0 Å². The Morgan fingerprint density at radius 1 is 1.27 bits per heavy atom. The highest BCUT2D eigenvalue weighted by molar-refractivity contribution is 5.70. The normalized spacial score (nSPS) is 22.1. The molecule has 1 fully saturated rings. The van der Waals surface area contributed by atoms with E-state index in [1.54, 1.807) is 0 Å². The summed E-state index contributed by atoms with van der Waals surface area (Å²) in [7, 11) is 0. The lowest BCUT2D eigenvalue weighted by Crippen LogP contribution is -2.24. The van der Waals surface area contributed by atoms with Crippen LogP contribution in [0.15, 0.2) is 0 Å². The second kappa shape index (κ2) is 6.80. The fourth-order valence-corrected chi connectivity index (χ4v) is 2.04. The van der Waals surface area contributed by atoms with Crippen LogP contribution in [-0.2, 0) is 4.79 Å². The Morgan fingerprint density at radius 2 is 2.00 bits per heavy atom. The minimum absolute atomic E-state index is 0.151. The maximum absolute atomic E-state index is 10.7. The molecule has 1 rings (SSSR count). The van der Waals surface area contributed by atoms with Crippen LogP contribution in [0.3, 0.4) is 0 Å². The number of hydrogen-bond donors (Lipinski definition) is 2. The first-order valence-electron chi connectivity index (χ1n) is 5.80. The molecule has 15 heavy (non-hydrogen) atoms. The second-order valence-corrected chi connectivity index (χ2v) is 4.26. The van der Waals surface area contributed by atoms with E-state index in [0.717, 1.165) is 51.7 Å². The van der Waals surface area contributed by atoms with Crippen molar-refractivity contribution in [2.24, 2.45) is 5.92 Å². The Bertz CT molecular complexity index is 196. The molecule has 0 radical (unpaired) electrons. The van der Waals surface area contributed by atoms with E-state index in [9.17, 15) is 4.79 Å². The number of rotatable bonds is 7. The smallest absolute Gasteiger partial charge is 0.307 e. The third-order valence-electron chi connectivity index (χ3n) is 3.00. The Balaban J connectivity index is 2.01. The van der Waals surface area contributed by atoms with E-state index in [1.807, 2.05) is 0 Å². The van der Waals surface area contributed by atoms with E-state index in [-0.39, 0.29) is 12.5 Å². The molecule has 1 aliphatic rings. The van der Waals surface area contributed by atoms with Crippen molar-refractivity contribution < 1.29 is 15.0 Å². The van der Waals surface area contributed by atoms with Gasteiger partial charge in [-0.25, -0.2) is 0 Å². The van der Waals surface area contributed by atoms with Gasteiger partial charge in [0, 0.05) is 13.2 Å². The van der Waals surface area contributed by atoms with Crippen molar-refractivity contribution in [2.45, 2.75) is 32.1 Å². The first-order valence-corrected chi connectivity index (χ1v) is 5.80. The molecule has 4 heteroatoms. The molecule has 1 aliphatic heterocycles. The van der Waals surface area contributed by atoms with Crippen LogP contribution >= 0.6 is 0 Å². The summed E-state index contributed by atoms with van der Waals surface area (Å²) < 4.78 is 0. The summed E-state index contributed by atoms with van der Waals surface area (Å²) in [6.07, 6.45) is 5.01. The summed E-state index contributed by atoms with van der Waals surface area (Å²) in [5, 5.41) is 17.4. The Labute approximate surface area is 90.9 Å². The molecule has 0 bridgehead atoms. The van der Waals surface area contributed by atoms with Crippen molar-refractivity contribution in [1.29, 1.82) is 0 Å². The fourth-order valence-electron chi connectivity index (χ4n) is 2.04. The average Bonchev–Trinajstić information content (AvgIpc) is 2.66. The lowest BCUT2D eigenvalue weighted by atomic mass is 10.1. The second-order valence-electron chi connectivity index (χ2n) is 4.26. The lowest BCUT2D eigenvalue weighted by Gasteiger charge is -2.14. The molecule has 0 aromatic heterocycles. The van der Waals surface area contributed by atoms with Crippen LogP contribution in [0.1, 0.15) is 32.1 Å². The van der Waals surface area contributed by atoms with Crippen molar-refractivity contribution in [2.75, 3.05) is 26.2 Å². The van der Waals surface area contributed by atoms with Gasteiger partial charge in [-0.2, -0.15) is 0 Å². The zero-order chi connectivity index (χ0) is 11.1. The minimum atomic E-state index is -0.655. The van der Waals surface area contributed by atoms with Crippen molar-refractivity contribution in [3.63, 3.8) is 0 Å². The Kier molecular flexibility index (Phi) is 5.65. The number of carbonyl (C=O) groups is 1. The molecule has 0 amide bonds. The highest BCUT2D eigenvalue weighted by Crippen LogP contribution is 2.16. The molecule has 0 aromatic rings. The fraction of sp³-hybridized carbons (Fsp3) is 0.909. The lowest BCUT2D eigenvalue weighted by molar-refractivity contribution is -0.141. The molecule has 1 atom stereocenters. The van der Waals surface area contributed by atoms with Crippen molar-refractivity contribution >= 4 is 5.97 Å². The van der Waals surface area contributed by atoms with Crippen LogP contribution in [0, 0.1) is 5.92 Å². The number of hydrogen-bond acceptors (Lipinski definition) is 3. The number of nitrogens with zero attached hydrogens (tertiary/aromatic N) is 1. The van der Waals surface area contributed by atoms with E-state index < -0.39 is 5.97 Å². The van der Waals surface area contributed by atoms with Crippen molar-refractivity contribution in [3.05, 3.63) is 0 Å². The quantitative estimate of drug-likeness (QED) is 0.621. The molecule has 0 spiro atoms. The van der Waals surface area contributed by atoms with E-state index in [0.29, 0.717) is 0 Å². The molecule has 4 nitrogen and oxygen atoms in total. The number of aliphatic hydroxyl groups excluding tert-OH is 1. The Hall–Kier alpha value is -0.610. The van der Waals surface area contributed by atoms with Crippen LogP contribution in [0.25, 0.3) is 0 Å². The molecule has 1 saturated heterocycles. The Morgan fingerprint density at radius 3 is 2.60 bits per heavy atom. The summed E-state index contributed by atoms with van der Waals surface area (Å²) >= 11 is 0. The zero-order valence-electron chi connectivity index (χ0n) is 9.19. The summed E-state index contributed by atoms with van der Waals surface area (Å²) in [6, 6.07) is 0. The van der Waals surface area contributed by atoms with Crippen molar-refractivity contribution in [1.82, 2.24) is 4.90 Å². The number of carboxylic acids is 1. The predicted molar refractivity (Wildman–Crippen MR) is 57.7 cm³/mol. The number of aliphatic carboxylic acids is 1. The van der Waals surface area contributed by atoms with Gasteiger partial charge in [0.1, 0.15) is 0 Å². The van der Waals surface area contributed by atoms with Gasteiger partial charge in [0.05, 0.1) is 5.92 Å². The minimum Gasteiger partial charge on any atom is -0.481 e. The molecular weight excluding hydrogens is 194 g/mol. The van der Waals surface area contributed by atoms with Gasteiger partial charge in [0.15, 0.2) is 0 Å². The molecule has 1 heterocycles. The van der Waals surface area contributed by atoms with Crippen LogP contribution in [0.4, 0.5) is 0 Å². The number of carboxylic acid groups (broad SMARTS) is 1. The van der Waals surface area contributed by atoms with Crippen LogP contribution in [0.5, 0.6) is 0 Å². The number of likely N-dealkylation sites (tertiary alicyclic amines) is 1. The van der Waals surface area contributed by atoms with Gasteiger partial charge in [-0.05, 0) is 32.4 Å². The van der Waals surface area contributed by atoms with Gasteiger partial charge in [0.25, 0.3) is 0 Å². The topological polar surface area (TPSA) is 60.8 Å². The van der Waals surface area contributed by atoms with E-state index >= 15 is 0 Å². The molecular formula is C11H21NO3. The van der Waals surface area contributed by atoms with Gasteiger partial charge in [0.2, 0.25) is 0 Å². The maximum atomic E-state index is 10.7. The monoisotopic (exact) mass is 215 g/mol. The largest absolute Gasteiger partial charge is 0.481 e. The van der Waals surface area contributed by atoms with Gasteiger partial charge in [-0.3, -0.25) is 4.79 Å². The van der Waals surface area contributed by atoms with Crippen LogP contribution < -0.4 is 0 Å².